The van der Waals surface area contributed by atoms with E-state index in [-0.39, 0.29) is 11.6 Å². The molecule has 9 heteroatoms. The molecule has 2 aromatic carbocycles. The van der Waals surface area contributed by atoms with Crippen LogP contribution in [-0.2, 0) is 0 Å². The number of rotatable bonds is 4. The number of hydrogen-bond donors (Lipinski definition) is 0. The molecule has 1 aliphatic rings. The van der Waals surface area contributed by atoms with Crippen LogP contribution in [0.25, 0.3) is 10.9 Å². The topological polar surface area (TPSA) is 113 Å². The summed E-state index contributed by atoms with van der Waals surface area (Å²) in [6.45, 7) is 2.18. The van der Waals surface area contributed by atoms with Gasteiger partial charge in [0.05, 0.1) is 29.2 Å². The van der Waals surface area contributed by atoms with E-state index in [1.54, 1.807) is 48.4 Å². The summed E-state index contributed by atoms with van der Waals surface area (Å²) in [5.41, 5.74) is 1.38. The molecule has 1 amide bonds. The van der Waals surface area contributed by atoms with Crippen molar-refractivity contribution in [2.45, 2.75) is 0 Å². The van der Waals surface area contributed by atoms with Crippen molar-refractivity contribution >= 4 is 28.3 Å². The zero-order chi connectivity index (χ0) is 22.0. The Hall–Kier alpha value is -4.19. The van der Waals surface area contributed by atoms with Crippen LogP contribution in [0.15, 0.2) is 48.5 Å². The molecule has 0 radical (unpaired) electrons. The van der Waals surface area contributed by atoms with Gasteiger partial charge in [0.15, 0.2) is 0 Å². The molecule has 1 aromatic heterocycles. The molecular formula is C22H19N5O4. The Labute approximate surface area is 178 Å². The van der Waals surface area contributed by atoms with Gasteiger partial charge < -0.3 is 14.5 Å². The van der Waals surface area contributed by atoms with Crippen LogP contribution in [0.3, 0.4) is 0 Å². The van der Waals surface area contributed by atoms with Gasteiger partial charge >= 0.3 is 0 Å². The fourth-order valence-corrected chi connectivity index (χ4v) is 3.62. The number of fused-ring (bicyclic) bond motifs is 1. The lowest BCUT2D eigenvalue weighted by atomic mass is 10.1. The van der Waals surface area contributed by atoms with Crippen LogP contribution in [0, 0.1) is 21.4 Å². The van der Waals surface area contributed by atoms with Gasteiger partial charge in [0, 0.05) is 49.3 Å². The second kappa shape index (κ2) is 8.28. The molecule has 0 aliphatic carbocycles. The van der Waals surface area contributed by atoms with Gasteiger partial charge in [-0.25, -0.2) is 4.98 Å². The summed E-state index contributed by atoms with van der Waals surface area (Å²) in [6.07, 6.45) is 0. The molecule has 0 N–H and O–H groups in total. The van der Waals surface area contributed by atoms with Crippen molar-refractivity contribution in [3.63, 3.8) is 0 Å². The van der Waals surface area contributed by atoms with Crippen LogP contribution in [0.2, 0.25) is 0 Å². The van der Waals surface area contributed by atoms with Crippen molar-refractivity contribution in [1.29, 1.82) is 5.26 Å². The Bertz CT molecular complexity index is 1190. The number of pyridine rings is 1. The first-order valence-corrected chi connectivity index (χ1v) is 9.67. The number of nitriles is 1. The zero-order valence-corrected chi connectivity index (χ0v) is 16.8. The predicted molar refractivity (Wildman–Crippen MR) is 114 cm³/mol. The number of carbonyl (C=O) groups excluding carboxylic acids is 1. The highest BCUT2D eigenvalue weighted by Crippen LogP contribution is 2.27. The summed E-state index contributed by atoms with van der Waals surface area (Å²) in [6, 6.07) is 15.1. The first kappa shape index (κ1) is 20.1. The third-order valence-corrected chi connectivity index (χ3v) is 5.34. The number of non-ortho nitro benzene ring substituents is 1. The highest BCUT2D eigenvalue weighted by Gasteiger charge is 2.24. The lowest BCUT2D eigenvalue weighted by molar-refractivity contribution is -0.384. The fraction of sp³-hybridized carbons (Fsp3) is 0.227. The van der Waals surface area contributed by atoms with Crippen LogP contribution in [0.4, 0.5) is 11.5 Å². The molecule has 156 valence electrons. The number of methoxy groups -OCH3 is 1. The minimum atomic E-state index is -0.493. The number of nitro benzene ring substituents is 1. The third kappa shape index (κ3) is 3.96. The molecule has 0 unspecified atom stereocenters. The minimum Gasteiger partial charge on any atom is -0.497 e. The maximum atomic E-state index is 12.8. The Morgan fingerprint density at radius 3 is 2.45 bits per heavy atom. The van der Waals surface area contributed by atoms with Crippen LogP contribution < -0.4 is 9.64 Å². The van der Waals surface area contributed by atoms with E-state index >= 15 is 0 Å². The van der Waals surface area contributed by atoms with E-state index in [9.17, 15) is 20.2 Å². The van der Waals surface area contributed by atoms with Gasteiger partial charge in [0.2, 0.25) is 0 Å². The molecule has 1 fully saturated rings. The van der Waals surface area contributed by atoms with E-state index in [0.717, 1.165) is 0 Å². The highest BCUT2D eigenvalue weighted by molar-refractivity contribution is 5.94. The molecule has 1 aliphatic heterocycles. The van der Waals surface area contributed by atoms with E-state index < -0.39 is 4.92 Å². The van der Waals surface area contributed by atoms with Crippen molar-refractivity contribution in [1.82, 2.24) is 9.88 Å². The normalized spacial score (nSPS) is 13.7. The number of benzene rings is 2. The zero-order valence-electron chi connectivity index (χ0n) is 16.8. The van der Waals surface area contributed by atoms with Crippen LogP contribution in [0.1, 0.15) is 15.9 Å². The van der Waals surface area contributed by atoms with E-state index in [1.165, 1.54) is 12.1 Å². The van der Waals surface area contributed by atoms with Crippen LogP contribution in [0.5, 0.6) is 5.75 Å². The van der Waals surface area contributed by atoms with Crippen molar-refractivity contribution in [2.75, 3.05) is 38.2 Å². The van der Waals surface area contributed by atoms with Crippen molar-refractivity contribution in [2.24, 2.45) is 0 Å². The summed E-state index contributed by atoms with van der Waals surface area (Å²) in [5.74, 6) is 1.27. The maximum Gasteiger partial charge on any atom is 0.270 e. The van der Waals surface area contributed by atoms with Gasteiger partial charge in [-0.05, 0) is 36.4 Å². The van der Waals surface area contributed by atoms with Gasteiger partial charge in [-0.2, -0.15) is 5.26 Å². The van der Waals surface area contributed by atoms with Gasteiger partial charge in [-0.1, -0.05) is 0 Å². The van der Waals surface area contributed by atoms with Gasteiger partial charge in [-0.3, -0.25) is 14.9 Å². The molecular weight excluding hydrogens is 398 g/mol. The summed E-state index contributed by atoms with van der Waals surface area (Å²) in [4.78, 5) is 31.7. The SMILES string of the molecule is COc1ccc(C(=O)N2CCN(c3cc(C#N)c4cc([N+](=O)[O-])ccc4n3)CC2)cc1. The molecule has 1 saturated heterocycles. The maximum absolute atomic E-state index is 12.8. The number of aromatic nitrogens is 1. The molecule has 4 rings (SSSR count). The number of nitro groups is 1. The average molecular weight is 417 g/mol. The van der Waals surface area contributed by atoms with E-state index in [1.807, 2.05) is 4.90 Å². The monoisotopic (exact) mass is 417 g/mol. The number of amides is 1. The number of piperazine rings is 1. The fourth-order valence-electron chi connectivity index (χ4n) is 3.62. The number of ether oxygens (including phenoxy) is 1. The number of carbonyl (C=O) groups is 1. The molecule has 0 atom stereocenters. The molecule has 2 heterocycles. The lowest BCUT2D eigenvalue weighted by Gasteiger charge is -2.35. The second-order valence-electron chi connectivity index (χ2n) is 7.11. The van der Waals surface area contributed by atoms with Crippen LogP contribution >= 0.6 is 0 Å². The van der Waals surface area contributed by atoms with E-state index in [2.05, 4.69) is 11.1 Å². The molecule has 31 heavy (non-hydrogen) atoms. The average Bonchev–Trinajstić information content (AvgIpc) is 2.82. The van der Waals surface area contributed by atoms with Gasteiger partial charge in [-0.15, -0.1) is 0 Å². The first-order chi connectivity index (χ1) is 15.0. The van der Waals surface area contributed by atoms with Crippen molar-refractivity contribution in [3.8, 4) is 11.8 Å². The molecule has 9 nitrogen and oxygen atoms in total. The first-order valence-electron chi connectivity index (χ1n) is 9.67. The van der Waals surface area contributed by atoms with E-state index in [0.29, 0.717) is 59.8 Å². The highest BCUT2D eigenvalue weighted by atomic mass is 16.6. The van der Waals surface area contributed by atoms with Gasteiger partial charge in [0.1, 0.15) is 11.6 Å². The van der Waals surface area contributed by atoms with Gasteiger partial charge in [0.25, 0.3) is 11.6 Å². The van der Waals surface area contributed by atoms with Crippen molar-refractivity contribution < 1.29 is 14.5 Å². The molecule has 3 aromatic rings. The Balaban J connectivity index is 1.51. The quantitative estimate of drug-likeness (QED) is 0.474. The summed E-state index contributed by atoms with van der Waals surface area (Å²) < 4.78 is 5.13. The van der Waals surface area contributed by atoms with E-state index in [4.69, 9.17) is 4.74 Å². The second-order valence-corrected chi connectivity index (χ2v) is 7.11. The predicted octanol–water partition coefficient (Wildman–Crippen LogP) is 2.99. The third-order valence-electron chi connectivity index (χ3n) is 5.34. The minimum absolute atomic E-state index is 0.0428. The Kier molecular flexibility index (Phi) is 5.37. The lowest BCUT2D eigenvalue weighted by Crippen LogP contribution is -2.49. The number of anilines is 1. The summed E-state index contributed by atoms with van der Waals surface area (Å²) >= 11 is 0. The standard InChI is InChI=1S/C22H19N5O4/c1-31-18-5-2-15(3-6-18)22(28)26-10-8-25(9-11-26)21-12-16(14-23)19-13-17(27(29)30)4-7-20(19)24-21/h2-7,12-13H,8-11H2,1H3. The Morgan fingerprint density at radius 2 is 1.84 bits per heavy atom. The number of hydrogen-bond acceptors (Lipinski definition) is 7. The molecule has 0 bridgehead atoms. The Morgan fingerprint density at radius 1 is 1.13 bits per heavy atom. The molecule has 0 saturated carbocycles. The summed E-state index contributed by atoms with van der Waals surface area (Å²) in [7, 11) is 1.58. The van der Waals surface area contributed by atoms with Crippen LogP contribution in [-0.4, -0.2) is 54.0 Å². The summed E-state index contributed by atoms with van der Waals surface area (Å²) in [5, 5.41) is 21.0. The number of nitrogens with zero attached hydrogens (tertiary/aromatic N) is 5. The van der Waals surface area contributed by atoms with Crippen molar-refractivity contribution in [3.05, 3.63) is 69.8 Å². The smallest absolute Gasteiger partial charge is 0.270 e. The molecule has 0 spiro atoms. The largest absolute Gasteiger partial charge is 0.497 e.